The second-order valence-electron chi connectivity index (χ2n) is 7.29. The highest BCUT2D eigenvalue weighted by Crippen LogP contribution is 2.38. The van der Waals surface area contributed by atoms with Gasteiger partial charge in [-0.2, -0.15) is 0 Å². The molecule has 0 saturated carbocycles. The lowest BCUT2D eigenvalue weighted by Gasteiger charge is -2.34. The molecule has 1 aliphatic rings. The van der Waals surface area contributed by atoms with Gasteiger partial charge in [-0.3, -0.25) is 9.59 Å². The molecule has 0 aliphatic carbocycles. The number of rotatable bonds is 7. The van der Waals surface area contributed by atoms with Gasteiger partial charge in [-0.15, -0.1) is 0 Å². The van der Waals surface area contributed by atoms with Gasteiger partial charge in [-0.25, -0.2) is 0 Å². The van der Waals surface area contributed by atoms with Gasteiger partial charge < -0.3 is 28.8 Å². The van der Waals surface area contributed by atoms with E-state index in [2.05, 4.69) is 5.32 Å². The third kappa shape index (κ3) is 5.02. The minimum Gasteiger partial charge on any atom is -0.493 e. The molecule has 0 bridgehead atoms. The zero-order valence-electron chi connectivity index (χ0n) is 18.3. The number of furan rings is 1. The van der Waals surface area contributed by atoms with Crippen molar-refractivity contribution in [2.75, 3.05) is 27.9 Å². The molecule has 3 rings (SSSR count). The number of methoxy groups -OCH3 is 3. The Morgan fingerprint density at radius 2 is 1.84 bits per heavy atom. The van der Waals surface area contributed by atoms with Crippen molar-refractivity contribution >= 4 is 17.9 Å². The molecule has 2 aromatic rings. The summed E-state index contributed by atoms with van der Waals surface area (Å²) in [7, 11) is 4.56. The predicted octanol–water partition coefficient (Wildman–Crippen LogP) is 3.48. The number of nitrogens with zero attached hydrogens (tertiary/aromatic N) is 1. The maximum absolute atomic E-state index is 13.4. The predicted molar refractivity (Wildman–Crippen MR) is 115 cm³/mol. The topological polar surface area (TPSA) is 90.2 Å². The van der Waals surface area contributed by atoms with E-state index in [0.29, 0.717) is 29.4 Å². The molecule has 31 heavy (non-hydrogen) atoms. The third-order valence-electron chi connectivity index (χ3n) is 5.29. The van der Waals surface area contributed by atoms with E-state index >= 15 is 0 Å². The first kappa shape index (κ1) is 22.3. The van der Waals surface area contributed by atoms with E-state index in [9.17, 15) is 9.59 Å². The van der Waals surface area contributed by atoms with Gasteiger partial charge >= 0.3 is 0 Å². The molecule has 0 spiro atoms. The van der Waals surface area contributed by atoms with Crippen molar-refractivity contribution in [3.05, 3.63) is 47.5 Å². The average Bonchev–Trinajstić information content (AvgIpc) is 3.33. The summed E-state index contributed by atoms with van der Waals surface area (Å²) >= 11 is 0. The summed E-state index contributed by atoms with van der Waals surface area (Å²) in [5.74, 6) is 0.712. The van der Waals surface area contributed by atoms with Gasteiger partial charge in [0.05, 0.1) is 27.6 Å². The fraction of sp³-hybridized carbons (Fsp3) is 0.391. The van der Waals surface area contributed by atoms with Crippen LogP contribution in [0.15, 0.2) is 40.6 Å². The number of carbonyl (C=O) groups excluding carboxylic acids is 2. The maximum Gasteiger partial charge on any atom is 0.291 e. The second-order valence-corrected chi connectivity index (χ2v) is 7.29. The van der Waals surface area contributed by atoms with Gasteiger partial charge in [0, 0.05) is 12.6 Å². The Hall–Kier alpha value is -3.42. The van der Waals surface area contributed by atoms with Crippen molar-refractivity contribution in [3.63, 3.8) is 0 Å². The molecular formula is C23H28N2O6. The summed E-state index contributed by atoms with van der Waals surface area (Å²) in [6.07, 6.45) is 5.95. The standard InChI is InChI=1S/C23H28N2O6/c1-15-8-5-6-10-25(15)23(27)17(24-22(26)18-9-7-11-31-18)12-16-13-19(28-2)21(30-4)20(14-16)29-3/h7,9,11-15H,5-6,8,10H2,1-4H3,(H,24,26). The molecular weight excluding hydrogens is 400 g/mol. The van der Waals surface area contributed by atoms with Gasteiger partial charge in [0.1, 0.15) is 5.70 Å². The molecule has 166 valence electrons. The first-order chi connectivity index (χ1) is 15.0. The largest absolute Gasteiger partial charge is 0.493 e. The molecule has 2 amide bonds. The molecule has 1 aromatic heterocycles. The Kier molecular flexibility index (Phi) is 7.23. The minimum atomic E-state index is -0.498. The van der Waals surface area contributed by atoms with E-state index in [4.69, 9.17) is 18.6 Å². The Morgan fingerprint density at radius 3 is 2.39 bits per heavy atom. The molecule has 1 fully saturated rings. The van der Waals surface area contributed by atoms with Crippen molar-refractivity contribution in [2.45, 2.75) is 32.2 Å². The molecule has 2 heterocycles. The van der Waals surface area contributed by atoms with Crippen LogP contribution in [0, 0.1) is 0 Å². The van der Waals surface area contributed by atoms with Crippen LogP contribution in [0.1, 0.15) is 42.3 Å². The van der Waals surface area contributed by atoms with E-state index < -0.39 is 5.91 Å². The molecule has 1 N–H and O–H groups in total. The first-order valence-corrected chi connectivity index (χ1v) is 10.2. The van der Waals surface area contributed by atoms with Gasteiger partial charge in [-0.05, 0) is 62.1 Å². The molecule has 8 heteroatoms. The van der Waals surface area contributed by atoms with Gasteiger partial charge in [0.15, 0.2) is 17.3 Å². The number of hydrogen-bond acceptors (Lipinski definition) is 6. The van der Waals surface area contributed by atoms with Crippen LogP contribution in [-0.4, -0.2) is 50.6 Å². The van der Waals surface area contributed by atoms with Gasteiger partial charge in [0.2, 0.25) is 5.75 Å². The third-order valence-corrected chi connectivity index (χ3v) is 5.29. The number of carbonyl (C=O) groups is 2. The van der Waals surface area contributed by atoms with E-state index in [1.807, 2.05) is 6.92 Å². The van der Waals surface area contributed by atoms with Gasteiger partial charge in [0.25, 0.3) is 11.8 Å². The highest BCUT2D eigenvalue weighted by Gasteiger charge is 2.27. The van der Waals surface area contributed by atoms with Crippen LogP contribution < -0.4 is 19.5 Å². The number of likely N-dealkylation sites (tertiary alicyclic amines) is 1. The Bertz CT molecular complexity index is 926. The Balaban J connectivity index is 2.01. The smallest absolute Gasteiger partial charge is 0.291 e. The number of amides is 2. The number of nitrogens with one attached hydrogen (secondary N) is 1. The first-order valence-electron chi connectivity index (χ1n) is 10.2. The van der Waals surface area contributed by atoms with E-state index in [-0.39, 0.29) is 23.4 Å². The fourth-order valence-corrected chi connectivity index (χ4v) is 3.65. The van der Waals surface area contributed by atoms with Crippen LogP contribution in [-0.2, 0) is 4.79 Å². The van der Waals surface area contributed by atoms with E-state index in [1.165, 1.54) is 27.6 Å². The van der Waals surface area contributed by atoms with E-state index in [0.717, 1.165) is 19.3 Å². The second kappa shape index (κ2) is 10.1. The summed E-state index contributed by atoms with van der Waals surface area (Å²) in [6.45, 7) is 2.66. The van der Waals surface area contributed by atoms with E-state index in [1.54, 1.807) is 35.2 Å². The van der Waals surface area contributed by atoms with Crippen LogP contribution in [0.2, 0.25) is 0 Å². The van der Waals surface area contributed by atoms with Crippen molar-refractivity contribution in [1.29, 1.82) is 0 Å². The quantitative estimate of drug-likeness (QED) is 0.679. The highest BCUT2D eigenvalue weighted by atomic mass is 16.5. The molecule has 0 radical (unpaired) electrons. The minimum absolute atomic E-state index is 0.0881. The number of benzene rings is 1. The molecule has 1 unspecified atom stereocenters. The van der Waals surface area contributed by atoms with Crippen LogP contribution in [0.4, 0.5) is 0 Å². The van der Waals surface area contributed by atoms with Gasteiger partial charge in [-0.1, -0.05) is 0 Å². The summed E-state index contributed by atoms with van der Waals surface area (Å²) < 4.78 is 21.3. The number of hydrogen-bond donors (Lipinski definition) is 1. The molecule has 1 saturated heterocycles. The molecule has 1 atom stereocenters. The van der Waals surface area contributed by atoms with Crippen LogP contribution in [0.25, 0.3) is 6.08 Å². The number of ether oxygens (including phenoxy) is 3. The lowest BCUT2D eigenvalue weighted by molar-refractivity contribution is -0.130. The SMILES string of the molecule is COc1cc(C=C(NC(=O)c2ccco2)C(=O)N2CCCCC2C)cc(OC)c1OC. The van der Waals surface area contributed by atoms with Crippen LogP contribution >= 0.6 is 0 Å². The molecule has 1 aromatic carbocycles. The number of piperidine rings is 1. The van der Waals surface area contributed by atoms with Crippen molar-refractivity contribution in [1.82, 2.24) is 10.2 Å². The monoisotopic (exact) mass is 428 g/mol. The van der Waals surface area contributed by atoms with Crippen molar-refractivity contribution in [2.24, 2.45) is 0 Å². The van der Waals surface area contributed by atoms with Crippen molar-refractivity contribution in [3.8, 4) is 17.2 Å². The summed E-state index contributed by atoms with van der Waals surface area (Å²) in [6, 6.07) is 6.68. The summed E-state index contributed by atoms with van der Waals surface area (Å²) in [5, 5.41) is 2.71. The van der Waals surface area contributed by atoms with Crippen LogP contribution in [0.5, 0.6) is 17.2 Å². The maximum atomic E-state index is 13.4. The average molecular weight is 428 g/mol. The zero-order chi connectivity index (χ0) is 22.4. The molecule has 8 nitrogen and oxygen atoms in total. The lowest BCUT2D eigenvalue weighted by atomic mass is 10.0. The fourth-order valence-electron chi connectivity index (χ4n) is 3.65. The Labute approximate surface area is 181 Å². The Morgan fingerprint density at radius 1 is 1.13 bits per heavy atom. The summed E-state index contributed by atoms with van der Waals surface area (Å²) in [4.78, 5) is 27.8. The highest BCUT2D eigenvalue weighted by molar-refractivity contribution is 6.04. The van der Waals surface area contributed by atoms with Crippen molar-refractivity contribution < 1.29 is 28.2 Å². The molecule has 1 aliphatic heterocycles. The summed E-state index contributed by atoms with van der Waals surface area (Å²) in [5.41, 5.74) is 0.756. The normalized spacial score (nSPS) is 16.6. The lowest BCUT2D eigenvalue weighted by Crippen LogP contribution is -2.45. The zero-order valence-corrected chi connectivity index (χ0v) is 18.3. The van der Waals surface area contributed by atoms with Crippen LogP contribution in [0.3, 0.4) is 0 Å².